The molecule has 128 valence electrons. The van der Waals surface area contributed by atoms with E-state index < -0.39 is 0 Å². The third-order valence-corrected chi connectivity index (χ3v) is 5.78. The first-order valence-corrected chi connectivity index (χ1v) is 9.42. The van der Waals surface area contributed by atoms with Gasteiger partial charge in [0.2, 0.25) is 0 Å². The highest BCUT2D eigenvalue weighted by Crippen LogP contribution is 2.38. The molecule has 3 aromatic rings. The summed E-state index contributed by atoms with van der Waals surface area (Å²) in [5, 5.41) is 2.65. The van der Waals surface area contributed by atoms with E-state index in [4.69, 9.17) is 4.98 Å². The van der Waals surface area contributed by atoms with E-state index in [1.54, 1.807) is 0 Å². The van der Waals surface area contributed by atoms with Gasteiger partial charge in [-0.25, -0.2) is 4.98 Å². The summed E-state index contributed by atoms with van der Waals surface area (Å²) in [7, 11) is 0. The van der Waals surface area contributed by atoms with Crippen LogP contribution >= 0.6 is 0 Å². The first kappa shape index (κ1) is 17.0. The van der Waals surface area contributed by atoms with E-state index in [1.807, 2.05) is 13.8 Å². The average molecular weight is 322 g/mol. The molecular weight excluding hydrogens is 292 g/mol. The number of aromatic nitrogens is 2. The summed E-state index contributed by atoms with van der Waals surface area (Å²) in [6.07, 6.45) is 5.75. The van der Waals surface area contributed by atoms with Gasteiger partial charge >= 0.3 is 0 Å². The molecule has 0 amide bonds. The van der Waals surface area contributed by atoms with Crippen molar-refractivity contribution < 1.29 is 0 Å². The molecular formula is C22H30N2. The molecule has 0 unspecified atom stereocenters. The number of hydrogen-bond donors (Lipinski definition) is 0. The number of fused-ring (bicyclic) bond motifs is 5. The zero-order valence-corrected chi connectivity index (χ0v) is 16.0. The molecule has 0 aliphatic heterocycles. The normalized spacial score (nSPS) is 14.1. The van der Waals surface area contributed by atoms with Crippen molar-refractivity contribution in [2.75, 3.05) is 0 Å². The van der Waals surface area contributed by atoms with Crippen molar-refractivity contribution in [3.63, 3.8) is 0 Å². The Bertz CT molecular complexity index is 868. The number of pyridine rings is 1. The van der Waals surface area contributed by atoms with Crippen LogP contribution in [0.1, 0.15) is 64.9 Å². The summed E-state index contributed by atoms with van der Waals surface area (Å²) in [6, 6.07) is 8.95. The lowest BCUT2D eigenvalue weighted by molar-refractivity contribution is 0.375. The predicted molar refractivity (Wildman–Crippen MR) is 104 cm³/mol. The summed E-state index contributed by atoms with van der Waals surface area (Å²) >= 11 is 0. The van der Waals surface area contributed by atoms with Crippen molar-refractivity contribution in [2.45, 2.75) is 66.2 Å². The number of aryl methyl sites for hydroxylation is 2. The maximum atomic E-state index is 5.02. The number of hydrogen-bond acceptors (Lipinski definition) is 1. The molecule has 0 bridgehead atoms. The molecule has 0 atom stereocenters. The number of nitrogens with zero attached hydrogens (tertiary/aromatic N) is 2. The third-order valence-electron chi connectivity index (χ3n) is 5.78. The smallest absolute Gasteiger partial charge is 0.145 e. The molecule has 2 nitrogen and oxygen atoms in total. The van der Waals surface area contributed by atoms with Gasteiger partial charge in [0.05, 0.1) is 5.69 Å². The zero-order chi connectivity index (χ0) is 17.5. The molecule has 2 aromatic heterocycles. The third kappa shape index (κ3) is 2.44. The predicted octanol–water partition coefficient (Wildman–Crippen LogP) is 5.94. The summed E-state index contributed by atoms with van der Waals surface area (Å²) < 4.78 is 2.34. The van der Waals surface area contributed by atoms with Gasteiger partial charge in [0.15, 0.2) is 0 Å². The topological polar surface area (TPSA) is 17.3 Å². The van der Waals surface area contributed by atoms with E-state index in [1.165, 1.54) is 34.1 Å². The Hall–Kier alpha value is -1.83. The molecule has 1 aromatic carbocycles. The van der Waals surface area contributed by atoms with Gasteiger partial charge in [0.25, 0.3) is 0 Å². The molecule has 4 rings (SSSR count). The molecule has 2 heterocycles. The second-order valence-electron chi connectivity index (χ2n) is 7.51. The molecule has 0 spiro atoms. The monoisotopic (exact) mass is 322 g/mol. The van der Waals surface area contributed by atoms with Crippen molar-refractivity contribution in [1.29, 1.82) is 0 Å². The van der Waals surface area contributed by atoms with Crippen molar-refractivity contribution in [3.05, 3.63) is 47.4 Å². The summed E-state index contributed by atoms with van der Waals surface area (Å²) in [5.74, 6) is 0.583. The molecule has 0 saturated carbocycles. The van der Waals surface area contributed by atoms with Crippen LogP contribution in [0.15, 0.2) is 30.5 Å². The second-order valence-corrected chi connectivity index (χ2v) is 7.51. The quantitative estimate of drug-likeness (QED) is 0.571. The van der Waals surface area contributed by atoms with Crippen molar-refractivity contribution in [3.8, 4) is 0 Å². The highest BCUT2D eigenvalue weighted by atomic mass is 15.0. The van der Waals surface area contributed by atoms with E-state index in [-0.39, 0.29) is 5.41 Å². The van der Waals surface area contributed by atoms with Crippen LogP contribution in [-0.4, -0.2) is 9.38 Å². The number of rotatable bonds is 2. The fraction of sp³-hybridized carbons (Fsp3) is 0.500. The molecule has 0 N–H and O–H groups in total. The first-order chi connectivity index (χ1) is 11.5. The lowest BCUT2D eigenvalue weighted by atomic mass is 9.73. The van der Waals surface area contributed by atoms with Gasteiger partial charge in [0.1, 0.15) is 5.65 Å². The lowest BCUT2D eigenvalue weighted by Crippen LogP contribution is -2.24. The molecule has 24 heavy (non-hydrogen) atoms. The Balaban J connectivity index is 0.000000815. The first-order valence-electron chi connectivity index (χ1n) is 9.42. The molecule has 2 heteroatoms. The van der Waals surface area contributed by atoms with Crippen LogP contribution in [-0.2, 0) is 18.3 Å². The van der Waals surface area contributed by atoms with Gasteiger partial charge in [-0.15, -0.1) is 0 Å². The SMILES string of the molecule is CC.CC(C)C(C)(C)c1cccc2ccn3c4c(nc3c12)CCC4. The Morgan fingerprint density at radius 1 is 1.08 bits per heavy atom. The van der Waals surface area contributed by atoms with Gasteiger partial charge < -0.3 is 4.40 Å². The Morgan fingerprint density at radius 3 is 2.54 bits per heavy atom. The van der Waals surface area contributed by atoms with Crippen LogP contribution in [0.2, 0.25) is 0 Å². The molecule has 0 saturated heterocycles. The average Bonchev–Trinajstić information content (AvgIpc) is 3.16. The standard InChI is InChI=1S/C20H24N2.C2H6/c1-13(2)20(3,4)15-8-5-7-14-11-12-22-17-10-6-9-16(17)21-19(22)18(14)15;1-2/h5,7-8,11-13H,6,9-10H2,1-4H3;1-2H3. The van der Waals surface area contributed by atoms with Crippen LogP contribution in [0.5, 0.6) is 0 Å². The largest absolute Gasteiger partial charge is 0.303 e. The molecule has 0 fully saturated rings. The van der Waals surface area contributed by atoms with E-state index in [2.05, 4.69) is 62.6 Å². The van der Waals surface area contributed by atoms with Crippen LogP contribution in [0.4, 0.5) is 0 Å². The Labute approximate surface area is 145 Å². The van der Waals surface area contributed by atoms with Gasteiger partial charge in [-0.2, -0.15) is 0 Å². The molecule has 1 aliphatic rings. The maximum Gasteiger partial charge on any atom is 0.145 e. The van der Waals surface area contributed by atoms with Crippen molar-refractivity contribution in [1.82, 2.24) is 9.38 Å². The van der Waals surface area contributed by atoms with Gasteiger partial charge in [0, 0.05) is 17.3 Å². The van der Waals surface area contributed by atoms with Crippen LogP contribution in [0.3, 0.4) is 0 Å². The summed E-state index contributed by atoms with van der Waals surface area (Å²) in [4.78, 5) is 5.02. The summed E-state index contributed by atoms with van der Waals surface area (Å²) in [5.41, 5.74) is 5.46. The van der Waals surface area contributed by atoms with E-state index in [0.29, 0.717) is 5.92 Å². The Kier molecular flexibility index (Phi) is 4.42. The molecule has 1 aliphatic carbocycles. The minimum atomic E-state index is 0.137. The van der Waals surface area contributed by atoms with Gasteiger partial charge in [-0.1, -0.05) is 59.7 Å². The van der Waals surface area contributed by atoms with E-state index in [9.17, 15) is 0 Å². The van der Waals surface area contributed by atoms with Gasteiger partial charge in [-0.3, -0.25) is 0 Å². The Morgan fingerprint density at radius 2 is 1.83 bits per heavy atom. The second kappa shape index (κ2) is 6.23. The fourth-order valence-electron chi connectivity index (χ4n) is 3.70. The lowest BCUT2D eigenvalue weighted by Gasteiger charge is -2.31. The number of imidazole rings is 1. The zero-order valence-electron chi connectivity index (χ0n) is 16.0. The summed E-state index contributed by atoms with van der Waals surface area (Å²) in [6.45, 7) is 13.3. The molecule has 0 radical (unpaired) electrons. The van der Waals surface area contributed by atoms with E-state index >= 15 is 0 Å². The van der Waals surface area contributed by atoms with E-state index in [0.717, 1.165) is 18.5 Å². The van der Waals surface area contributed by atoms with Crippen molar-refractivity contribution >= 4 is 16.4 Å². The van der Waals surface area contributed by atoms with Crippen molar-refractivity contribution in [2.24, 2.45) is 5.92 Å². The highest BCUT2D eigenvalue weighted by molar-refractivity contribution is 5.97. The minimum Gasteiger partial charge on any atom is -0.303 e. The van der Waals surface area contributed by atoms with Crippen LogP contribution in [0.25, 0.3) is 16.4 Å². The highest BCUT2D eigenvalue weighted by Gasteiger charge is 2.28. The minimum absolute atomic E-state index is 0.137. The van der Waals surface area contributed by atoms with Crippen LogP contribution < -0.4 is 0 Å². The van der Waals surface area contributed by atoms with Gasteiger partial charge in [-0.05, 0) is 47.6 Å². The maximum absolute atomic E-state index is 5.02. The fourth-order valence-corrected chi connectivity index (χ4v) is 3.70. The van der Waals surface area contributed by atoms with Crippen LogP contribution in [0, 0.1) is 5.92 Å². The number of benzene rings is 1.